The number of hydrazine groups is 1. The summed E-state index contributed by atoms with van der Waals surface area (Å²) in [6.45, 7) is 3.69. The van der Waals surface area contributed by atoms with Crippen molar-refractivity contribution in [2.24, 2.45) is 12.9 Å². The molecule has 20 heavy (non-hydrogen) atoms. The van der Waals surface area contributed by atoms with E-state index in [0.29, 0.717) is 21.8 Å². The molecule has 8 heteroatoms. The summed E-state index contributed by atoms with van der Waals surface area (Å²) in [6, 6.07) is 0. The van der Waals surface area contributed by atoms with Gasteiger partial charge >= 0.3 is 0 Å². The van der Waals surface area contributed by atoms with Crippen molar-refractivity contribution < 1.29 is 4.79 Å². The van der Waals surface area contributed by atoms with Gasteiger partial charge in [-0.05, 0) is 17.4 Å². The van der Waals surface area contributed by atoms with E-state index < -0.39 is 0 Å². The fourth-order valence-electron chi connectivity index (χ4n) is 1.72. The molecule has 0 unspecified atom stereocenters. The molecular formula is C12H14N4O2S2. The van der Waals surface area contributed by atoms with Gasteiger partial charge in [0.2, 0.25) is 5.91 Å². The highest BCUT2D eigenvalue weighted by molar-refractivity contribution is 7.99. The number of allylic oxidation sites excluding steroid dienone is 1. The number of nitrogens with two attached hydrogens (primary N) is 1. The number of thiophene rings is 1. The van der Waals surface area contributed by atoms with Crippen molar-refractivity contribution in [3.63, 3.8) is 0 Å². The summed E-state index contributed by atoms with van der Waals surface area (Å²) in [6.07, 6.45) is 2.40. The predicted molar refractivity (Wildman–Crippen MR) is 81.8 cm³/mol. The molecule has 2 aromatic rings. The van der Waals surface area contributed by atoms with E-state index >= 15 is 0 Å². The number of amides is 1. The van der Waals surface area contributed by atoms with Gasteiger partial charge in [-0.25, -0.2) is 10.8 Å². The molecule has 0 saturated heterocycles. The van der Waals surface area contributed by atoms with Gasteiger partial charge in [0.05, 0.1) is 11.1 Å². The van der Waals surface area contributed by atoms with Crippen LogP contribution >= 0.6 is 23.1 Å². The number of carbonyl (C=O) groups excluding carboxylic acids is 1. The predicted octanol–water partition coefficient (Wildman–Crippen LogP) is 0.805. The average molecular weight is 310 g/mol. The second-order valence-electron chi connectivity index (χ2n) is 4.05. The van der Waals surface area contributed by atoms with Gasteiger partial charge in [0.25, 0.3) is 5.56 Å². The third-order valence-corrected chi connectivity index (χ3v) is 4.66. The average Bonchev–Trinajstić information content (AvgIpc) is 2.84. The smallest absolute Gasteiger partial charge is 0.262 e. The van der Waals surface area contributed by atoms with E-state index in [1.165, 1.54) is 27.7 Å². The van der Waals surface area contributed by atoms with Crippen LogP contribution in [0.25, 0.3) is 10.2 Å². The number of fused-ring (bicyclic) bond motifs is 1. The fourth-order valence-corrected chi connectivity index (χ4v) is 3.49. The highest BCUT2D eigenvalue weighted by Gasteiger charge is 2.14. The Hall–Kier alpha value is -1.64. The Morgan fingerprint density at radius 1 is 1.70 bits per heavy atom. The number of nitrogens with zero attached hydrogens (tertiary/aromatic N) is 2. The summed E-state index contributed by atoms with van der Waals surface area (Å²) >= 11 is 2.60. The van der Waals surface area contributed by atoms with Gasteiger partial charge in [0.15, 0.2) is 5.16 Å². The lowest BCUT2D eigenvalue weighted by Gasteiger charge is -2.06. The Kier molecular flexibility index (Phi) is 4.58. The summed E-state index contributed by atoms with van der Waals surface area (Å²) < 4.78 is 1.45. The third-order valence-electron chi connectivity index (χ3n) is 2.71. The maximum atomic E-state index is 12.4. The molecule has 2 heterocycles. The number of thioether (sulfide) groups is 1. The van der Waals surface area contributed by atoms with Gasteiger partial charge in [-0.1, -0.05) is 17.8 Å². The molecule has 2 rings (SSSR count). The molecule has 0 bridgehead atoms. The highest BCUT2D eigenvalue weighted by atomic mass is 32.2. The molecule has 3 N–H and O–H groups in total. The van der Waals surface area contributed by atoms with Crippen molar-refractivity contribution in [3.8, 4) is 0 Å². The van der Waals surface area contributed by atoms with E-state index in [1.807, 2.05) is 10.8 Å². The Morgan fingerprint density at radius 3 is 3.10 bits per heavy atom. The summed E-state index contributed by atoms with van der Waals surface area (Å²) in [5.74, 6) is 4.82. The zero-order chi connectivity index (χ0) is 14.7. The minimum atomic E-state index is -0.317. The zero-order valence-electron chi connectivity index (χ0n) is 10.9. The van der Waals surface area contributed by atoms with Gasteiger partial charge < -0.3 is 0 Å². The molecule has 6 nitrogen and oxygen atoms in total. The molecule has 0 radical (unpaired) electrons. The van der Waals surface area contributed by atoms with Gasteiger partial charge in [-0.3, -0.25) is 19.6 Å². The van der Waals surface area contributed by atoms with Crippen molar-refractivity contribution in [3.05, 3.63) is 34.0 Å². The van der Waals surface area contributed by atoms with Crippen LogP contribution in [0.1, 0.15) is 5.56 Å². The van der Waals surface area contributed by atoms with E-state index in [0.717, 1.165) is 5.56 Å². The number of carbonyl (C=O) groups is 1. The minimum absolute atomic E-state index is 0.108. The number of aromatic nitrogens is 2. The first-order valence-corrected chi connectivity index (χ1v) is 7.65. The van der Waals surface area contributed by atoms with Crippen molar-refractivity contribution in [1.82, 2.24) is 15.0 Å². The van der Waals surface area contributed by atoms with Crippen LogP contribution < -0.4 is 16.8 Å². The highest BCUT2D eigenvalue weighted by Crippen LogP contribution is 2.24. The molecule has 0 atom stereocenters. The molecule has 2 aromatic heterocycles. The van der Waals surface area contributed by atoms with Gasteiger partial charge in [0, 0.05) is 7.05 Å². The van der Waals surface area contributed by atoms with Crippen LogP contribution in [0, 0.1) is 0 Å². The van der Waals surface area contributed by atoms with Crippen LogP contribution in [0.15, 0.2) is 28.0 Å². The summed E-state index contributed by atoms with van der Waals surface area (Å²) in [7, 11) is 1.65. The summed E-state index contributed by atoms with van der Waals surface area (Å²) in [5.41, 5.74) is 2.87. The van der Waals surface area contributed by atoms with Gasteiger partial charge in [-0.15, -0.1) is 17.9 Å². The van der Waals surface area contributed by atoms with E-state index in [1.54, 1.807) is 13.1 Å². The fraction of sp³-hybridized carbons (Fsp3) is 0.250. The molecule has 0 aromatic carbocycles. The summed E-state index contributed by atoms with van der Waals surface area (Å²) in [5, 5.41) is 3.05. The maximum Gasteiger partial charge on any atom is 0.262 e. The van der Waals surface area contributed by atoms with E-state index in [-0.39, 0.29) is 17.2 Å². The number of rotatable bonds is 5. The van der Waals surface area contributed by atoms with Crippen molar-refractivity contribution in [2.45, 2.75) is 11.6 Å². The molecule has 106 valence electrons. The lowest BCUT2D eigenvalue weighted by Crippen LogP contribution is -2.31. The van der Waals surface area contributed by atoms with Crippen LogP contribution in [0.2, 0.25) is 0 Å². The van der Waals surface area contributed by atoms with Crippen LogP contribution in [0.3, 0.4) is 0 Å². The molecule has 0 saturated carbocycles. The van der Waals surface area contributed by atoms with Crippen molar-refractivity contribution >= 4 is 39.2 Å². The molecule has 1 amide bonds. The number of hydrogen-bond acceptors (Lipinski definition) is 6. The Labute approximate surface area is 123 Å². The second kappa shape index (κ2) is 6.21. The second-order valence-corrected chi connectivity index (χ2v) is 5.85. The van der Waals surface area contributed by atoms with Crippen molar-refractivity contribution in [1.29, 1.82) is 0 Å². The van der Waals surface area contributed by atoms with E-state index in [9.17, 15) is 9.59 Å². The van der Waals surface area contributed by atoms with Crippen LogP contribution in [-0.2, 0) is 18.3 Å². The lowest BCUT2D eigenvalue weighted by atomic mass is 10.2. The van der Waals surface area contributed by atoms with Gasteiger partial charge in [-0.2, -0.15) is 0 Å². The zero-order valence-corrected chi connectivity index (χ0v) is 12.5. The Balaban J connectivity index is 2.44. The molecule has 0 fully saturated rings. The molecule has 0 aliphatic heterocycles. The van der Waals surface area contributed by atoms with Crippen LogP contribution in [0.5, 0.6) is 0 Å². The molecule has 0 spiro atoms. The quantitative estimate of drug-likeness (QED) is 0.213. The Morgan fingerprint density at radius 2 is 2.45 bits per heavy atom. The van der Waals surface area contributed by atoms with E-state index in [2.05, 4.69) is 11.6 Å². The monoisotopic (exact) mass is 310 g/mol. The number of nitrogens with one attached hydrogen (secondary N) is 1. The summed E-state index contributed by atoms with van der Waals surface area (Å²) in [4.78, 5) is 28.6. The third kappa shape index (κ3) is 2.77. The van der Waals surface area contributed by atoms with Gasteiger partial charge in [0.1, 0.15) is 4.83 Å². The lowest BCUT2D eigenvalue weighted by molar-refractivity contribution is -0.118. The minimum Gasteiger partial charge on any atom is -0.294 e. The standard InChI is InChI=1S/C12H14N4O2S2/c1-3-4-7-5-19-10-9(7)11(18)16(2)12(14-10)20-6-8(17)15-13/h3,5H,1,4,6,13H2,2H3,(H,15,17). The topological polar surface area (TPSA) is 90.0 Å². The normalized spacial score (nSPS) is 10.7. The van der Waals surface area contributed by atoms with Crippen molar-refractivity contribution in [2.75, 3.05) is 5.75 Å². The largest absolute Gasteiger partial charge is 0.294 e. The SMILES string of the molecule is C=CCc1csc2nc(SCC(=O)NN)n(C)c(=O)c12. The molecule has 0 aliphatic rings. The maximum absolute atomic E-state index is 12.4. The first-order valence-electron chi connectivity index (χ1n) is 5.78. The number of hydrogen-bond donors (Lipinski definition) is 2. The first kappa shape index (κ1) is 14.8. The Bertz CT molecular complexity index is 720. The first-order chi connectivity index (χ1) is 9.58. The van der Waals surface area contributed by atoms with Crippen LogP contribution in [-0.4, -0.2) is 21.2 Å². The van der Waals surface area contributed by atoms with Crippen LogP contribution in [0.4, 0.5) is 0 Å². The molecule has 0 aliphatic carbocycles. The molecular weight excluding hydrogens is 296 g/mol. The van der Waals surface area contributed by atoms with E-state index in [4.69, 9.17) is 5.84 Å².